The smallest absolute Gasteiger partial charge is 0.338 e. The fourth-order valence-corrected chi connectivity index (χ4v) is 2.00. The fourth-order valence-electron chi connectivity index (χ4n) is 1.24. The molecule has 18 heavy (non-hydrogen) atoms. The molecule has 6 heteroatoms. The third kappa shape index (κ3) is 4.76. The SMILES string of the molecule is CC(Cl)(CCOCc1ccccc1Cl)C(=O)OBr. The quantitative estimate of drug-likeness (QED) is 0.569. The standard InChI is InChI=1S/C12H13BrCl2O3/c1-12(15,11(16)18-13)6-7-17-8-9-4-2-3-5-10(9)14/h2-5H,6-8H2,1H3. The van der Waals surface area contributed by atoms with Crippen molar-refractivity contribution in [2.24, 2.45) is 0 Å². The van der Waals surface area contributed by atoms with Crippen LogP contribution >= 0.6 is 39.5 Å². The van der Waals surface area contributed by atoms with Crippen LogP contribution in [0, 0.1) is 0 Å². The Morgan fingerprint density at radius 2 is 2.11 bits per heavy atom. The molecule has 0 radical (unpaired) electrons. The number of hydrogen-bond acceptors (Lipinski definition) is 3. The van der Waals surface area contributed by atoms with Crippen molar-refractivity contribution < 1.29 is 13.4 Å². The molecule has 1 aromatic carbocycles. The molecule has 1 aromatic rings. The lowest BCUT2D eigenvalue weighted by Gasteiger charge is -2.17. The number of carbonyl (C=O) groups excluding carboxylic acids is 1. The summed E-state index contributed by atoms with van der Waals surface area (Å²) in [5.74, 6) is -0.537. The van der Waals surface area contributed by atoms with Gasteiger partial charge in [-0.2, -0.15) is 0 Å². The maximum absolute atomic E-state index is 11.3. The monoisotopic (exact) mass is 354 g/mol. The second-order valence-electron chi connectivity index (χ2n) is 3.96. The van der Waals surface area contributed by atoms with Gasteiger partial charge in [0.05, 0.1) is 6.61 Å². The highest BCUT2D eigenvalue weighted by atomic mass is 79.9. The van der Waals surface area contributed by atoms with Crippen molar-refractivity contribution >= 4 is 45.4 Å². The van der Waals surface area contributed by atoms with E-state index in [2.05, 4.69) is 20.1 Å². The van der Waals surface area contributed by atoms with E-state index in [9.17, 15) is 4.79 Å². The van der Waals surface area contributed by atoms with E-state index in [0.29, 0.717) is 24.7 Å². The molecule has 0 saturated heterocycles. The van der Waals surface area contributed by atoms with Crippen LogP contribution in [0.5, 0.6) is 0 Å². The molecule has 1 rings (SSSR count). The minimum atomic E-state index is -1.09. The van der Waals surface area contributed by atoms with E-state index in [0.717, 1.165) is 5.56 Å². The molecule has 0 bridgehead atoms. The van der Waals surface area contributed by atoms with Gasteiger partial charge in [0.2, 0.25) is 0 Å². The zero-order valence-electron chi connectivity index (χ0n) is 9.79. The number of alkyl halides is 1. The van der Waals surface area contributed by atoms with Gasteiger partial charge in [-0.1, -0.05) is 29.8 Å². The van der Waals surface area contributed by atoms with Crippen LogP contribution in [-0.4, -0.2) is 17.5 Å². The molecule has 1 atom stereocenters. The maximum atomic E-state index is 11.3. The molecule has 0 heterocycles. The topological polar surface area (TPSA) is 35.5 Å². The van der Waals surface area contributed by atoms with Gasteiger partial charge in [0.1, 0.15) is 4.87 Å². The van der Waals surface area contributed by atoms with E-state index in [1.807, 2.05) is 18.2 Å². The van der Waals surface area contributed by atoms with E-state index in [4.69, 9.17) is 27.9 Å². The second-order valence-corrected chi connectivity index (χ2v) is 5.52. The molecule has 100 valence electrons. The first kappa shape index (κ1) is 15.8. The number of hydrogen-bond donors (Lipinski definition) is 0. The summed E-state index contributed by atoms with van der Waals surface area (Å²) in [5, 5.41) is 0.658. The van der Waals surface area contributed by atoms with Crippen LogP contribution in [0.25, 0.3) is 0 Å². The average Bonchev–Trinajstić information content (AvgIpc) is 2.35. The van der Waals surface area contributed by atoms with Gasteiger partial charge in [0.15, 0.2) is 16.3 Å². The van der Waals surface area contributed by atoms with Crippen LogP contribution in [0.15, 0.2) is 24.3 Å². The highest BCUT2D eigenvalue weighted by Gasteiger charge is 2.31. The van der Waals surface area contributed by atoms with Gasteiger partial charge in [-0.3, -0.25) is 0 Å². The van der Waals surface area contributed by atoms with Crippen LogP contribution in [0.1, 0.15) is 18.9 Å². The summed E-state index contributed by atoms with van der Waals surface area (Å²) in [6.07, 6.45) is 0.351. The summed E-state index contributed by atoms with van der Waals surface area (Å²) >= 11 is 14.6. The fraction of sp³-hybridized carbons (Fsp3) is 0.417. The molecule has 0 saturated carbocycles. The van der Waals surface area contributed by atoms with Crippen LogP contribution in [-0.2, 0) is 20.0 Å². The Morgan fingerprint density at radius 3 is 2.72 bits per heavy atom. The van der Waals surface area contributed by atoms with Crippen LogP contribution in [0.4, 0.5) is 0 Å². The van der Waals surface area contributed by atoms with E-state index in [1.54, 1.807) is 13.0 Å². The summed E-state index contributed by atoms with van der Waals surface area (Å²) in [6.45, 7) is 2.31. The molecule has 0 N–H and O–H groups in total. The number of halogens is 3. The van der Waals surface area contributed by atoms with Gasteiger partial charge in [0, 0.05) is 18.1 Å². The third-order valence-corrected chi connectivity index (χ3v) is 3.43. The molecule has 1 unspecified atom stereocenters. The number of carbonyl (C=O) groups is 1. The Kier molecular flexibility index (Phi) is 6.43. The second kappa shape index (κ2) is 7.34. The molecule has 0 amide bonds. The van der Waals surface area contributed by atoms with Gasteiger partial charge < -0.3 is 8.57 Å². The molecule has 0 aliphatic heterocycles. The van der Waals surface area contributed by atoms with E-state index < -0.39 is 10.8 Å². The number of benzene rings is 1. The van der Waals surface area contributed by atoms with Crippen molar-refractivity contribution in [2.45, 2.75) is 24.8 Å². The third-order valence-electron chi connectivity index (χ3n) is 2.43. The molecule has 0 fully saturated rings. The van der Waals surface area contributed by atoms with Crippen molar-refractivity contribution in [1.82, 2.24) is 0 Å². The van der Waals surface area contributed by atoms with Crippen molar-refractivity contribution in [3.63, 3.8) is 0 Å². The number of rotatable bonds is 6. The summed E-state index contributed by atoms with van der Waals surface area (Å²) in [7, 11) is 0. The lowest BCUT2D eigenvalue weighted by atomic mass is 10.1. The van der Waals surface area contributed by atoms with Crippen LogP contribution in [0.3, 0.4) is 0 Å². The van der Waals surface area contributed by atoms with Crippen LogP contribution in [0.2, 0.25) is 5.02 Å². The zero-order chi connectivity index (χ0) is 13.6. The van der Waals surface area contributed by atoms with Crippen LogP contribution < -0.4 is 0 Å². The lowest BCUT2D eigenvalue weighted by molar-refractivity contribution is -0.135. The van der Waals surface area contributed by atoms with Crippen molar-refractivity contribution in [3.05, 3.63) is 34.9 Å². The van der Waals surface area contributed by atoms with Gasteiger partial charge >= 0.3 is 5.97 Å². The average molecular weight is 356 g/mol. The highest BCUT2D eigenvalue weighted by Crippen LogP contribution is 2.23. The lowest BCUT2D eigenvalue weighted by Crippen LogP contribution is -2.30. The van der Waals surface area contributed by atoms with E-state index >= 15 is 0 Å². The minimum absolute atomic E-state index is 0.341. The van der Waals surface area contributed by atoms with Gasteiger partial charge in [-0.25, -0.2) is 4.79 Å². The van der Waals surface area contributed by atoms with Gasteiger partial charge in [0.25, 0.3) is 0 Å². The molecular weight excluding hydrogens is 343 g/mol. The Balaban J connectivity index is 2.35. The maximum Gasteiger partial charge on any atom is 0.338 e. The summed E-state index contributed by atoms with van der Waals surface area (Å²) in [4.78, 5) is 10.2. The Morgan fingerprint density at radius 1 is 1.44 bits per heavy atom. The van der Waals surface area contributed by atoms with Gasteiger partial charge in [-0.05, 0) is 18.6 Å². The number of ether oxygens (including phenoxy) is 1. The molecular formula is C12H13BrCl2O3. The Labute approximate surface area is 125 Å². The molecule has 3 nitrogen and oxygen atoms in total. The first-order valence-electron chi connectivity index (χ1n) is 5.30. The predicted molar refractivity (Wildman–Crippen MR) is 75.0 cm³/mol. The molecule has 0 spiro atoms. The first-order chi connectivity index (χ1) is 8.47. The Bertz CT molecular complexity index is 410. The van der Waals surface area contributed by atoms with E-state index in [1.165, 1.54) is 0 Å². The van der Waals surface area contributed by atoms with Gasteiger partial charge in [-0.15, -0.1) is 11.6 Å². The highest BCUT2D eigenvalue weighted by molar-refractivity contribution is 9.06. The van der Waals surface area contributed by atoms with E-state index in [-0.39, 0.29) is 0 Å². The summed E-state index contributed by atoms with van der Waals surface area (Å²) in [5.41, 5.74) is 0.901. The largest absolute Gasteiger partial charge is 0.382 e. The molecule has 0 aliphatic carbocycles. The predicted octanol–water partition coefficient (Wildman–Crippen LogP) is 4.10. The minimum Gasteiger partial charge on any atom is -0.382 e. The molecule has 0 aromatic heterocycles. The van der Waals surface area contributed by atoms with Crippen molar-refractivity contribution in [2.75, 3.05) is 6.61 Å². The molecule has 0 aliphatic rings. The summed E-state index contributed by atoms with van der Waals surface area (Å²) in [6, 6.07) is 7.43. The zero-order valence-corrected chi connectivity index (χ0v) is 12.9. The van der Waals surface area contributed by atoms with Crippen molar-refractivity contribution in [1.29, 1.82) is 0 Å². The summed E-state index contributed by atoms with van der Waals surface area (Å²) < 4.78 is 9.85. The normalized spacial score (nSPS) is 14.0. The first-order valence-corrected chi connectivity index (χ1v) is 6.71. The Hall–Kier alpha value is -0.290. The van der Waals surface area contributed by atoms with Crippen molar-refractivity contribution in [3.8, 4) is 0 Å².